The number of rotatable bonds is 7. The molecular weight excluding hydrogens is 342 g/mol. The van der Waals surface area contributed by atoms with Crippen molar-refractivity contribution >= 4 is 29.4 Å². The molecule has 0 aliphatic rings. The van der Waals surface area contributed by atoms with Gasteiger partial charge in [-0.3, -0.25) is 4.79 Å². The van der Waals surface area contributed by atoms with Gasteiger partial charge < -0.3 is 15.2 Å². The van der Waals surface area contributed by atoms with Crippen molar-refractivity contribution in [3.63, 3.8) is 0 Å². The van der Waals surface area contributed by atoms with Gasteiger partial charge in [-0.15, -0.1) is 0 Å². The van der Waals surface area contributed by atoms with Gasteiger partial charge in [-0.1, -0.05) is 17.7 Å². The summed E-state index contributed by atoms with van der Waals surface area (Å²) in [6.07, 6.45) is 1.48. The van der Waals surface area contributed by atoms with Crippen molar-refractivity contribution in [3.8, 4) is 11.5 Å². The highest BCUT2D eigenvalue weighted by atomic mass is 35.5. The van der Waals surface area contributed by atoms with E-state index >= 15 is 0 Å². The van der Waals surface area contributed by atoms with Crippen LogP contribution < -0.4 is 15.5 Å². The van der Waals surface area contributed by atoms with E-state index in [4.69, 9.17) is 16.3 Å². The van der Waals surface area contributed by atoms with Gasteiger partial charge in [-0.05, 0) is 55.3 Å². The van der Waals surface area contributed by atoms with Crippen molar-refractivity contribution in [3.05, 3.63) is 52.5 Å². The topological polar surface area (TPSA) is 83.0 Å². The summed E-state index contributed by atoms with van der Waals surface area (Å²) < 4.78 is 5.29. The van der Waals surface area contributed by atoms with Crippen LogP contribution in [-0.2, 0) is 4.79 Å². The molecule has 0 fully saturated rings. The lowest BCUT2D eigenvalue weighted by Crippen LogP contribution is -2.26. The number of nitrogens with one attached hydrogen (secondary N) is 2. The summed E-state index contributed by atoms with van der Waals surface area (Å²) in [5.74, 6) is 0.138. The number of nitrogens with zero attached hydrogens (tertiary/aromatic N) is 1. The number of phenolic OH excluding ortho intramolecular Hbond substituents is 1. The lowest BCUT2D eigenvalue weighted by atomic mass is 10.2. The first-order chi connectivity index (χ1) is 12.0. The third-order valence-electron chi connectivity index (χ3n) is 3.39. The van der Waals surface area contributed by atoms with Gasteiger partial charge in [0.15, 0.2) is 11.5 Å². The maximum Gasteiger partial charge on any atom is 0.259 e. The molecule has 3 N–H and O–H groups in total. The second-order valence-corrected chi connectivity index (χ2v) is 5.63. The summed E-state index contributed by atoms with van der Waals surface area (Å²) >= 11 is 6.03. The van der Waals surface area contributed by atoms with Gasteiger partial charge >= 0.3 is 0 Å². The zero-order valence-corrected chi connectivity index (χ0v) is 14.8. The Hall–Kier alpha value is -2.73. The summed E-state index contributed by atoms with van der Waals surface area (Å²) in [4.78, 5) is 11.8. The first-order valence-corrected chi connectivity index (χ1v) is 8.15. The van der Waals surface area contributed by atoms with Crippen LogP contribution in [0.25, 0.3) is 0 Å². The smallest absolute Gasteiger partial charge is 0.259 e. The minimum absolute atomic E-state index is 0.0594. The molecule has 0 saturated carbocycles. The predicted octanol–water partition coefficient (Wildman–Crippen LogP) is 3.31. The van der Waals surface area contributed by atoms with Crippen molar-refractivity contribution in [2.75, 3.05) is 18.5 Å². The van der Waals surface area contributed by atoms with E-state index in [1.54, 1.807) is 18.2 Å². The largest absolute Gasteiger partial charge is 0.504 e. The Labute approximate surface area is 151 Å². The minimum atomic E-state index is -0.292. The van der Waals surface area contributed by atoms with E-state index < -0.39 is 0 Å². The summed E-state index contributed by atoms with van der Waals surface area (Å²) in [7, 11) is 0. The molecule has 0 spiro atoms. The van der Waals surface area contributed by atoms with Gasteiger partial charge in [0.25, 0.3) is 5.91 Å². The van der Waals surface area contributed by atoms with Crippen molar-refractivity contribution < 1.29 is 14.6 Å². The van der Waals surface area contributed by atoms with E-state index in [0.29, 0.717) is 22.9 Å². The average Bonchev–Trinajstić information content (AvgIpc) is 2.59. The molecule has 132 valence electrons. The fourth-order valence-corrected chi connectivity index (χ4v) is 2.25. The number of aromatic hydroxyl groups is 1. The molecule has 0 aromatic heterocycles. The Kier molecular flexibility index (Phi) is 6.65. The molecule has 0 saturated heterocycles. The molecule has 0 aliphatic heterocycles. The fraction of sp³-hybridized carbons (Fsp3) is 0.222. The number of benzene rings is 2. The van der Waals surface area contributed by atoms with E-state index in [1.165, 1.54) is 12.3 Å². The van der Waals surface area contributed by atoms with Crippen LogP contribution in [0.3, 0.4) is 0 Å². The number of amides is 1. The number of carbonyl (C=O) groups excluding carboxylic acids is 1. The summed E-state index contributed by atoms with van der Waals surface area (Å²) in [5, 5.41) is 17.2. The zero-order chi connectivity index (χ0) is 18.2. The number of hydrazone groups is 1. The predicted molar refractivity (Wildman–Crippen MR) is 99.7 cm³/mol. The lowest BCUT2D eigenvalue weighted by molar-refractivity contribution is -0.119. The molecule has 0 aliphatic carbocycles. The molecule has 2 aromatic rings. The third kappa shape index (κ3) is 5.39. The van der Waals surface area contributed by atoms with Crippen LogP contribution in [-0.4, -0.2) is 30.4 Å². The third-order valence-corrected chi connectivity index (χ3v) is 3.80. The molecule has 2 rings (SSSR count). The second-order valence-electron chi connectivity index (χ2n) is 5.22. The standard InChI is InChI=1S/C18H20ClN3O3/c1-3-25-17-9-13(7-8-16(17)23)10-21-22-18(24)11-20-15-6-4-5-14(19)12(15)2/h4-10,20,23H,3,11H2,1-2H3,(H,22,24)/b21-10-. The Balaban J connectivity index is 1.88. The van der Waals surface area contributed by atoms with Crippen LogP contribution in [0.1, 0.15) is 18.1 Å². The van der Waals surface area contributed by atoms with E-state index in [-0.39, 0.29) is 18.2 Å². The SMILES string of the molecule is CCOc1cc(/C=N\NC(=O)CNc2cccc(Cl)c2C)ccc1O. The van der Waals surface area contributed by atoms with Crippen LogP contribution in [0.5, 0.6) is 11.5 Å². The molecule has 2 aromatic carbocycles. The normalized spacial score (nSPS) is 10.7. The first kappa shape index (κ1) is 18.6. The maximum atomic E-state index is 11.8. The van der Waals surface area contributed by atoms with E-state index in [0.717, 1.165) is 11.3 Å². The monoisotopic (exact) mass is 361 g/mol. The molecule has 0 unspecified atom stereocenters. The van der Waals surface area contributed by atoms with Crippen molar-refractivity contribution in [2.45, 2.75) is 13.8 Å². The molecule has 6 nitrogen and oxygen atoms in total. The molecule has 0 heterocycles. The highest BCUT2D eigenvalue weighted by molar-refractivity contribution is 6.31. The van der Waals surface area contributed by atoms with Gasteiger partial charge in [0.05, 0.1) is 19.4 Å². The van der Waals surface area contributed by atoms with Crippen LogP contribution in [0, 0.1) is 6.92 Å². The Bertz CT molecular complexity index is 778. The molecule has 0 bridgehead atoms. The van der Waals surface area contributed by atoms with Gasteiger partial charge in [0, 0.05) is 10.7 Å². The molecule has 0 atom stereocenters. The van der Waals surface area contributed by atoms with Crippen LogP contribution >= 0.6 is 11.6 Å². The number of ether oxygens (including phenoxy) is 1. The number of hydrogen-bond donors (Lipinski definition) is 3. The Morgan fingerprint density at radius 1 is 1.36 bits per heavy atom. The summed E-state index contributed by atoms with van der Waals surface area (Å²) in [6, 6.07) is 10.3. The molecular formula is C18H20ClN3O3. The average molecular weight is 362 g/mol. The maximum absolute atomic E-state index is 11.8. The lowest BCUT2D eigenvalue weighted by Gasteiger charge is -2.09. The number of anilines is 1. The van der Waals surface area contributed by atoms with Crippen molar-refractivity contribution in [2.24, 2.45) is 5.10 Å². The van der Waals surface area contributed by atoms with Crippen molar-refractivity contribution in [1.82, 2.24) is 5.43 Å². The van der Waals surface area contributed by atoms with Gasteiger partial charge in [-0.25, -0.2) is 5.43 Å². The van der Waals surface area contributed by atoms with E-state index in [1.807, 2.05) is 26.0 Å². The minimum Gasteiger partial charge on any atom is -0.504 e. The van der Waals surface area contributed by atoms with Crippen LogP contribution in [0.15, 0.2) is 41.5 Å². The Morgan fingerprint density at radius 2 is 2.16 bits per heavy atom. The van der Waals surface area contributed by atoms with Crippen molar-refractivity contribution in [1.29, 1.82) is 0 Å². The zero-order valence-electron chi connectivity index (χ0n) is 14.0. The van der Waals surface area contributed by atoms with E-state index in [2.05, 4.69) is 15.8 Å². The second kappa shape index (κ2) is 8.94. The molecule has 0 radical (unpaired) electrons. The number of hydrogen-bond acceptors (Lipinski definition) is 5. The van der Waals surface area contributed by atoms with E-state index in [9.17, 15) is 9.90 Å². The molecule has 1 amide bonds. The fourth-order valence-electron chi connectivity index (χ4n) is 2.07. The Morgan fingerprint density at radius 3 is 2.92 bits per heavy atom. The molecule has 25 heavy (non-hydrogen) atoms. The highest BCUT2D eigenvalue weighted by Crippen LogP contribution is 2.26. The summed E-state index contributed by atoms with van der Waals surface area (Å²) in [6.45, 7) is 4.22. The summed E-state index contributed by atoms with van der Waals surface area (Å²) in [5.41, 5.74) is 4.81. The van der Waals surface area contributed by atoms with Crippen LogP contribution in [0.4, 0.5) is 5.69 Å². The van der Waals surface area contributed by atoms with Gasteiger partial charge in [0.1, 0.15) is 0 Å². The highest BCUT2D eigenvalue weighted by Gasteiger charge is 2.05. The quantitative estimate of drug-likeness (QED) is 0.522. The van der Waals surface area contributed by atoms with Crippen LogP contribution in [0.2, 0.25) is 5.02 Å². The molecule has 7 heteroatoms. The first-order valence-electron chi connectivity index (χ1n) is 7.78. The van der Waals surface area contributed by atoms with Gasteiger partial charge in [-0.2, -0.15) is 5.10 Å². The van der Waals surface area contributed by atoms with Gasteiger partial charge in [0.2, 0.25) is 0 Å². The number of halogens is 1. The number of carbonyl (C=O) groups is 1. The number of phenols is 1.